The number of aromatic nitrogens is 4. The Morgan fingerprint density at radius 2 is 1.80 bits per heavy atom. The number of fused-ring (bicyclic) bond motifs is 1. The highest BCUT2D eigenvalue weighted by Gasteiger charge is 2.38. The van der Waals surface area contributed by atoms with Crippen molar-refractivity contribution in [3.63, 3.8) is 0 Å². The zero-order valence-electron chi connectivity index (χ0n) is 22.7. The summed E-state index contributed by atoms with van der Waals surface area (Å²) < 4.78 is 46.1. The summed E-state index contributed by atoms with van der Waals surface area (Å²) in [4.78, 5) is 12.6. The van der Waals surface area contributed by atoms with Gasteiger partial charge in [-0.15, -0.1) is 0 Å². The predicted molar refractivity (Wildman–Crippen MR) is 161 cm³/mol. The van der Waals surface area contributed by atoms with E-state index in [0.29, 0.717) is 47.4 Å². The first-order valence-electron chi connectivity index (χ1n) is 13.0. The lowest BCUT2D eigenvalue weighted by Crippen LogP contribution is -2.38. The van der Waals surface area contributed by atoms with Gasteiger partial charge >= 0.3 is 7.60 Å². The fraction of sp³-hybridized carbons (Fsp3) is 0.370. The van der Waals surface area contributed by atoms with Crippen molar-refractivity contribution in [1.82, 2.24) is 19.5 Å². The van der Waals surface area contributed by atoms with Crippen molar-refractivity contribution in [2.24, 2.45) is 0 Å². The molecule has 1 aliphatic rings. The van der Waals surface area contributed by atoms with E-state index in [1.807, 2.05) is 54.0 Å². The number of anilines is 1. The first-order valence-corrected chi connectivity index (χ1v) is 17.2. The molecule has 3 heterocycles. The maximum absolute atomic E-state index is 14.2. The number of benzene rings is 2. The van der Waals surface area contributed by atoms with E-state index in [1.165, 1.54) is 6.33 Å². The van der Waals surface area contributed by atoms with Crippen LogP contribution in [-0.4, -0.2) is 62.8 Å². The molecule has 0 radical (unpaired) electrons. The molecule has 1 saturated heterocycles. The zero-order valence-corrected chi connectivity index (χ0v) is 25.2. The van der Waals surface area contributed by atoms with Gasteiger partial charge in [0.2, 0.25) is 0 Å². The van der Waals surface area contributed by atoms with Crippen molar-refractivity contribution in [2.45, 2.75) is 38.4 Å². The predicted octanol–water partition coefficient (Wildman–Crippen LogP) is 5.42. The number of nitrogens with zero attached hydrogens (tertiary/aromatic N) is 4. The van der Waals surface area contributed by atoms with Crippen LogP contribution >= 0.6 is 29.2 Å². The van der Waals surface area contributed by atoms with Crippen molar-refractivity contribution in [2.75, 3.05) is 30.7 Å². The molecule has 5 rings (SSSR count). The Bertz CT molecular complexity index is 1480. The van der Waals surface area contributed by atoms with E-state index < -0.39 is 13.7 Å². The van der Waals surface area contributed by atoms with Crippen LogP contribution in [0.4, 0.5) is 5.82 Å². The summed E-state index contributed by atoms with van der Waals surface area (Å²) in [6.07, 6.45) is 1.63. The van der Waals surface area contributed by atoms with Crippen LogP contribution in [0.15, 0.2) is 67.3 Å². The number of rotatable bonds is 13. The van der Waals surface area contributed by atoms with Crippen LogP contribution in [0.25, 0.3) is 11.2 Å². The van der Waals surface area contributed by atoms with Gasteiger partial charge in [0.25, 0.3) is 0 Å². The molecule has 4 atom stereocenters. The van der Waals surface area contributed by atoms with Crippen molar-refractivity contribution < 1.29 is 27.8 Å². The molecule has 41 heavy (non-hydrogen) atoms. The molecular weight excluding hydrogens is 585 g/mol. The Labute approximate surface area is 246 Å². The van der Waals surface area contributed by atoms with E-state index in [2.05, 4.69) is 15.0 Å². The Morgan fingerprint density at radius 3 is 2.61 bits per heavy atom. The maximum atomic E-state index is 14.2. The Kier molecular flexibility index (Phi) is 10.1. The highest BCUT2D eigenvalue weighted by molar-refractivity contribution is 8.76. The summed E-state index contributed by atoms with van der Waals surface area (Å²) in [5.74, 6) is 2.75. The van der Waals surface area contributed by atoms with Gasteiger partial charge in [-0.25, -0.2) is 19.5 Å². The molecule has 1 unspecified atom stereocenters. The van der Waals surface area contributed by atoms with E-state index in [0.717, 1.165) is 11.3 Å². The molecule has 0 amide bonds. The second kappa shape index (κ2) is 13.9. The van der Waals surface area contributed by atoms with Gasteiger partial charge in [-0.1, -0.05) is 58.0 Å². The van der Waals surface area contributed by atoms with Crippen LogP contribution in [0, 0.1) is 0 Å². The normalized spacial score (nSPS) is 19.5. The molecule has 2 aromatic heterocycles. The number of imidazole rings is 1. The molecule has 0 bridgehead atoms. The Hall–Kier alpha value is -2.80. The van der Waals surface area contributed by atoms with Crippen molar-refractivity contribution in [3.05, 3.63) is 72.8 Å². The topological polar surface area (TPSA) is 133 Å². The van der Waals surface area contributed by atoms with Crippen LogP contribution in [0.5, 0.6) is 11.5 Å². The third-order valence-corrected chi connectivity index (χ3v) is 10.3. The molecule has 1 aliphatic heterocycles. The highest BCUT2D eigenvalue weighted by atomic mass is 33.1. The molecule has 11 nitrogen and oxygen atoms in total. The van der Waals surface area contributed by atoms with Gasteiger partial charge in [-0.05, 0) is 25.1 Å². The minimum atomic E-state index is -3.78. The van der Waals surface area contributed by atoms with E-state index in [4.69, 9.17) is 29.0 Å². The van der Waals surface area contributed by atoms with Crippen LogP contribution < -0.4 is 15.0 Å². The number of hydrogen-bond donors (Lipinski definition) is 1. The van der Waals surface area contributed by atoms with Crippen molar-refractivity contribution in [1.29, 1.82) is 0 Å². The number of ether oxygens (including phenoxy) is 3. The fourth-order valence-electron chi connectivity index (χ4n) is 4.22. The minimum absolute atomic E-state index is 0.250. The van der Waals surface area contributed by atoms with E-state index >= 15 is 0 Å². The van der Waals surface area contributed by atoms with Crippen LogP contribution in [0.1, 0.15) is 12.5 Å². The molecule has 0 saturated carbocycles. The highest BCUT2D eigenvalue weighted by Crippen LogP contribution is 2.52. The summed E-state index contributed by atoms with van der Waals surface area (Å²) in [6, 6.07) is 16.7. The first kappa shape index (κ1) is 29.7. The van der Waals surface area contributed by atoms with Crippen LogP contribution in [0.2, 0.25) is 0 Å². The number of hydrogen-bond acceptors (Lipinski definition) is 12. The van der Waals surface area contributed by atoms with E-state index in [1.54, 1.807) is 47.2 Å². The van der Waals surface area contributed by atoms with Gasteiger partial charge in [0.05, 0.1) is 38.8 Å². The molecular formula is C27H32N5O6PS2. The van der Waals surface area contributed by atoms with Crippen LogP contribution in [-0.2, 0) is 31.7 Å². The second-order valence-electron chi connectivity index (χ2n) is 9.32. The molecule has 0 spiro atoms. The zero-order chi connectivity index (χ0) is 28.7. The van der Waals surface area contributed by atoms with Gasteiger partial charge in [-0.2, -0.15) is 0 Å². The molecule has 2 aromatic carbocycles. The average molecular weight is 618 g/mol. The van der Waals surface area contributed by atoms with Gasteiger partial charge < -0.3 is 29.0 Å². The molecule has 4 aromatic rings. The summed E-state index contributed by atoms with van der Waals surface area (Å²) in [7, 11) is 1.20. The smallest absolute Gasteiger partial charge is 0.405 e. The quantitative estimate of drug-likeness (QED) is 0.152. The summed E-state index contributed by atoms with van der Waals surface area (Å²) in [6.45, 7) is 2.61. The van der Waals surface area contributed by atoms with Gasteiger partial charge in [0.1, 0.15) is 29.4 Å². The van der Waals surface area contributed by atoms with Crippen molar-refractivity contribution >= 4 is 46.2 Å². The van der Waals surface area contributed by atoms with Crippen molar-refractivity contribution in [3.8, 4) is 11.5 Å². The Morgan fingerprint density at radius 1 is 1.05 bits per heavy atom. The largest absolute Gasteiger partial charge is 0.496 e. The summed E-state index contributed by atoms with van der Waals surface area (Å²) >= 11 is 0. The third kappa shape index (κ3) is 7.73. The second-order valence-corrected chi connectivity index (χ2v) is 13.7. The fourth-order valence-corrected chi connectivity index (χ4v) is 8.42. The van der Waals surface area contributed by atoms with E-state index in [-0.39, 0.29) is 18.6 Å². The number of nitrogens with two attached hydrogens (primary N) is 1. The lowest BCUT2D eigenvalue weighted by atomic mass is 10.2. The molecule has 14 heteroatoms. The summed E-state index contributed by atoms with van der Waals surface area (Å²) in [5.41, 5.74) is 7.96. The average Bonchev–Trinajstić information content (AvgIpc) is 3.40. The Balaban J connectivity index is 1.28. The number of nitrogen functional groups attached to an aromatic ring is 1. The molecule has 0 aliphatic carbocycles. The van der Waals surface area contributed by atoms with Crippen LogP contribution in [0.3, 0.4) is 0 Å². The number of para-hydroxylation sites is 2. The van der Waals surface area contributed by atoms with Gasteiger partial charge in [0.15, 0.2) is 17.8 Å². The first-order chi connectivity index (χ1) is 19.9. The standard InChI is InChI=1S/C27H32N5O6PS2/c1-19(12-32-17-31-25-26(28)29-16-30-27(25)32)36-18-39(33,37-21-9-4-3-5-10-21)38-24-15-41-40-14-23(24)35-13-20-8-6-7-11-22(20)34-2/h3-11,16-17,19,23-24H,12-15,18H2,1-2H3,(H2,28,29,30)/t19-,23+,24+,39?/m1/s1. The maximum Gasteiger partial charge on any atom is 0.405 e. The molecule has 2 N–H and O–H groups in total. The third-order valence-electron chi connectivity index (χ3n) is 6.29. The summed E-state index contributed by atoms with van der Waals surface area (Å²) in [5, 5.41) is 0. The minimum Gasteiger partial charge on any atom is -0.496 e. The number of methoxy groups -OCH3 is 1. The molecule has 1 fully saturated rings. The van der Waals surface area contributed by atoms with E-state index in [9.17, 15) is 4.57 Å². The monoisotopic (exact) mass is 617 g/mol. The lowest BCUT2D eigenvalue weighted by molar-refractivity contribution is -0.0197. The SMILES string of the molecule is COc1ccccc1CO[C@H]1CSSC[C@@H]1OP(=O)(CO[C@H](C)Cn1cnc2c(N)ncnc21)Oc1ccccc1. The van der Waals surface area contributed by atoms with Gasteiger partial charge in [0, 0.05) is 17.1 Å². The lowest BCUT2D eigenvalue weighted by Gasteiger charge is -2.33. The molecule has 218 valence electrons. The van der Waals surface area contributed by atoms with Gasteiger partial charge in [-0.3, -0.25) is 4.52 Å².